The molecule has 1 saturated heterocycles. The Balaban J connectivity index is 1.44. The Morgan fingerprint density at radius 3 is 2.67 bits per heavy atom. The van der Waals surface area contributed by atoms with Crippen molar-refractivity contribution in [2.24, 2.45) is 5.73 Å². The van der Waals surface area contributed by atoms with E-state index in [9.17, 15) is 4.79 Å². The van der Waals surface area contributed by atoms with Gasteiger partial charge in [-0.25, -0.2) is 0 Å². The maximum atomic E-state index is 12.5. The van der Waals surface area contributed by atoms with Crippen LogP contribution in [0.3, 0.4) is 0 Å². The first-order chi connectivity index (χ1) is 11.7. The highest BCUT2D eigenvalue weighted by atomic mass is 16.5. The molecule has 124 valence electrons. The van der Waals surface area contributed by atoms with Crippen LogP contribution in [0.15, 0.2) is 48.5 Å². The smallest absolute Gasteiger partial charge is 0.255 e. The summed E-state index contributed by atoms with van der Waals surface area (Å²) in [4.78, 5) is 14.6. The molecule has 1 heterocycles. The first kappa shape index (κ1) is 15.2. The van der Waals surface area contributed by atoms with E-state index in [-0.39, 0.29) is 5.91 Å². The van der Waals surface area contributed by atoms with Crippen LogP contribution in [0.1, 0.15) is 28.3 Å². The Bertz CT molecular complexity index is 739. The molecule has 1 amide bonds. The van der Waals surface area contributed by atoms with E-state index in [1.165, 1.54) is 5.56 Å². The van der Waals surface area contributed by atoms with Crippen molar-refractivity contribution in [1.29, 1.82) is 0 Å². The molecule has 2 fully saturated rings. The fraction of sp³-hybridized carbons (Fsp3) is 0.316. The van der Waals surface area contributed by atoms with Gasteiger partial charge in [-0.2, -0.15) is 0 Å². The number of rotatable bonds is 4. The Kier molecular flexibility index (Phi) is 3.96. The van der Waals surface area contributed by atoms with Crippen molar-refractivity contribution in [2.45, 2.75) is 18.4 Å². The molecule has 2 aliphatic rings. The summed E-state index contributed by atoms with van der Waals surface area (Å²) in [5, 5.41) is 2.95. The average molecular weight is 323 g/mol. The second-order valence-corrected chi connectivity index (χ2v) is 6.43. The number of amides is 1. The Morgan fingerprint density at radius 2 is 2.00 bits per heavy atom. The van der Waals surface area contributed by atoms with Crippen LogP contribution in [-0.2, 0) is 4.74 Å². The first-order valence-electron chi connectivity index (χ1n) is 8.30. The monoisotopic (exact) mass is 323 g/mol. The standard InChI is InChI=1S/C19H21N3O2/c20-18-11-17(18)13-4-6-15(7-5-13)21-19(23)14-2-1-3-16(10-14)22-8-9-24-12-22/h1-7,10,17-18H,8-9,11-12,20H2,(H,21,23)/t17-,18+/m1/s1. The fourth-order valence-electron chi connectivity index (χ4n) is 3.08. The third-order valence-electron chi connectivity index (χ3n) is 4.66. The van der Waals surface area contributed by atoms with Crippen molar-refractivity contribution in [2.75, 3.05) is 30.1 Å². The molecule has 1 aliphatic carbocycles. The molecule has 0 bridgehead atoms. The minimum absolute atomic E-state index is 0.104. The van der Waals surface area contributed by atoms with Crippen LogP contribution in [0.5, 0.6) is 0 Å². The number of nitrogens with zero attached hydrogens (tertiary/aromatic N) is 1. The van der Waals surface area contributed by atoms with E-state index in [4.69, 9.17) is 10.5 Å². The number of nitrogens with one attached hydrogen (secondary N) is 1. The van der Waals surface area contributed by atoms with Gasteiger partial charge in [0.25, 0.3) is 5.91 Å². The molecule has 2 aromatic rings. The molecule has 0 unspecified atom stereocenters. The average Bonchev–Trinajstić information content (AvgIpc) is 3.11. The van der Waals surface area contributed by atoms with Crippen LogP contribution in [0.2, 0.25) is 0 Å². The quantitative estimate of drug-likeness (QED) is 0.907. The number of ether oxygens (including phenoxy) is 1. The van der Waals surface area contributed by atoms with E-state index in [1.54, 1.807) is 0 Å². The molecule has 3 N–H and O–H groups in total. The lowest BCUT2D eigenvalue weighted by atomic mass is 10.1. The number of nitrogens with two attached hydrogens (primary N) is 1. The summed E-state index contributed by atoms with van der Waals surface area (Å²) in [6.07, 6.45) is 1.05. The zero-order valence-electron chi connectivity index (χ0n) is 13.4. The summed E-state index contributed by atoms with van der Waals surface area (Å²) < 4.78 is 5.37. The number of hydrogen-bond donors (Lipinski definition) is 2. The molecule has 2 aromatic carbocycles. The number of benzene rings is 2. The van der Waals surface area contributed by atoms with Gasteiger partial charge < -0.3 is 20.7 Å². The summed E-state index contributed by atoms with van der Waals surface area (Å²) in [6, 6.07) is 15.9. The molecule has 4 rings (SSSR count). The van der Waals surface area contributed by atoms with Gasteiger partial charge in [-0.3, -0.25) is 4.79 Å². The zero-order chi connectivity index (χ0) is 16.5. The van der Waals surface area contributed by atoms with Gasteiger partial charge in [-0.1, -0.05) is 18.2 Å². The van der Waals surface area contributed by atoms with E-state index in [0.29, 0.717) is 24.3 Å². The lowest BCUT2D eigenvalue weighted by Crippen LogP contribution is -2.19. The highest BCUT2D eigenvalue weighted by molar-refractivity contribution is 6.04. The van der Waals surface area contributed by atoms with Crippen LogP contribution >= 0.6 is 0 Å². The van der Waals surface area contributed by atoms with E-state index in [2.05, 4.69) is 10.2 Å². The van der Waals surface area contributed by atoms with Crippen molar-refractivity contribution in [1.82, 2.24) is 0 Å². The third kappa shape index (κ3) is 3.13. The summed E-state index contributed by atoms with van der Waals surface area (Å²) in [5.41, 5.74) is 9.58. The van der Waals surface area contributed by atoms with Gasteiger partial charge in [-0.15, -0.1) is 0 Å². The minimum Gasteiger partial charge on any atom is -0.359 e. The zero-order valence-corrected chi connectivity index (χ0v) is 13.4. The highest BCUT2D eigenvalue weighted by Gasteiger charge is 2.34. The van der Waals surface area contributed by atoms with Gasteiger partial charge in [0.05, 0.1) is 6.61 Å². The second kappa shape index (κ2) is 6.26. The molecule has 5 nitrogen and oxygen atoms in total. The predicted molar refractivity (Wildman–Crippen MR) is 94.3 cm³/mol. The Labute approximate surface area is 141 Å². The van der Waals surface area contributed by atoms with E-state index >= 15 is 0 Å². The normalized spacial score (nSPS) is 22.5. The molecule has 24 heavy (non-hydrogen) atoms. The lowest BCUT2D eigenvalue weighted by Gasteiger charge is -2.16. The summed E-state index contributed by atoms with van der Waals surface area (Å²) in [6.45, 7) is 2.17. The molecule has 2 atom stereocenters. The van der Waals surface area contributed by atoms with E-state index in [0.717, 1.165) is 30.9 Å². The molecule has 5 heteroatoms. The number of carbonyl (C=O) groups is 1. The maximum absolute atomic E-state index is 12.5. The largest absolute Gasteiger partial charge is 0.359 e. The molecule has 0 spiro atoms. The van der Waals surface area contributed by atoms with Gasteiger partial charge in [0.1, 0.15) is 6.73 Å². The number of anilines is 2. The number of hydrogen-bond acceptors (Lipinski definition) is 4. The van der Waals surface area contributed by atoms with Crippen LogP contribution in [0, 0.1) is 0 Å². The second-order valence-electron chi connectivity index (χ2n) is 6.43. The van der Waals surface area contributed by atoms with Crippen molar-refractivity contribution in [3.63, 3.8) is 0 Å². The van der Waals surface area contributed by atoms with Crippen LogP contribution in [0.4, 0.5) is 11.4 Å². The maximum Gasteiger partial charge on any atom is 0.255 e. The Morgan fingerprint density at radius 1 is 1.21 bits per heavy atom. The van der Waals surface area contributed by atoms with Crippen molar-refractivity contribution < 1.29 is 9.53 Å². The highest BCUT2D eigenvalue weighted by Crippen LogP contribution is 2.39. The van der Waals surface area contributed by atoms with E-state index in [1.807, 2.05) is 48.5 Å². The molecular formula is C19H21N3O2. The van der Waals surface area contributed by atoms with Crippen LogP contribution in [-0.4, -0.2) is 31.8 Å². The summed E-state index contributed by atoms with van der Waals surface area (Å²) in [5.74, 6) is 0.377. The lowest BCUT2D eigenvalue weighted by molar-refractivity contribution is 0.102. The summed E-state index contributed by atoms with van der Waals surface area (Å²) in [7, 11) is 0. The molecule has 0 aromatic heterocycles. The molecule has 1 aliphatic heterocycles. The molecule has 1 saturated carbocycles. The SMILES string of the molecule is N[C@H]1C[C@@H]1c1ccc(NC(=O)c2cccc(N3CCOC3)c2)cc1. The topological polar surface area (TPSA) is 67.6 Å². The minimum atomic E-state index is -0.104. The van der Waals surface area contributed by atoms with Gasteiger partial charge in [0, 0.05) is 35.4 Å². The fourth-order valence-corrected chi connectivity index (χ4v) is 3.08. The van der Waals surface area contributed by atoms with Gasteiger partial charge in [-0.05, 0) is 42.3 Å². The van der Waals surface area contributed by atoms with Gasteiger partial charge in [0.15, 0.2) is 0 Å². The van der Waals surface area contributed by atoms with Gasteiger partial charge in [0.2, 0.25) is 0 Å². The van der Waals surface area contributed by atoms with Crippen molar-refractivity contribution in [3.8, 4) is 0 Å². The summed E-state index contributed by atoms with van der Waals surface area (Å²) >= 11 is 0. The van der Waals surface area contributed by atoms with Crippen molar-refractivity contribution >= 4 is 17.3 Å². The Hall–Kier alpha value is -2.37. The van der Waals surface area contributed by atoms with Gasteiger partial charge >= 0.3 is 0 Å². The predicted octanol–water partition coefficient (Wildman–Crippen LogP) is 2.55. The molecular weight excluding hydrogens is 302 g/mol. The number of carbonyl (C=O) groups excluding carboxylic acids is 1. The molecule has 0 radical (unpaired) electrons. The van der Waals surface area contributed by atoms with Crippen LogP contribution in [0.25, 0.3) is 0 Å². The first-order valence-corrected chi connectivity index (χ1v) is 8.30. The third-order valence-corrected chi connectivity index (χ3v) is 4.66. The van der Waals surface area contributed by atoms with Crippen LogP contribution < -0.4 is 16.0 Å². The van der Waals surface area contributed by atoms with Crippen molar-refractivity contribution in [3.05, 3.63) is 59.7 Å². The van der Waals surface area contributed by atoms with E-state index < -0.39 is 0 Å².